The Morgan fingerprint density at radius 2 is 1.56 bits per heavy atom. The predicted octanol–water partition coefficient (Wildman–Crippen LogP) is 4.54. The van der Waals surface area contributed by atoms with E-state index in [-0.39, 0.29) is 16.0 Å². The highest BCUT2D eigenvalue weighted by Gasteiger charge is 2.22. The second-order valence-electron chi connectivity index (χ2n) is 8.04. The number of primary sulfonamides is 1. The number of aryl methyl sites for hydroxylation is 1. The molecule has 3 aromatic rings. The van der Waals surface area contributed by atoms with E-state index >= 15 is 0 Å². The summed E-state index contributed by atoms with van der Waals surface area (Å²) < 4.78 is 23.6. The largest absolute Gasteiger partial charge is 0.387 e. The zero-order chi connectivity index (χ0) is 23.1. The SMILES string of the molecule is CC(CCc1ccccc1)N(Cc1ccccc1)CC(O)c1ccc(Cl)c(S(N)(=O)=O)c1. The van der Waals surface area contributed by atoms with Crippen LogP contribution in [0.3, 0.4) is 0 Å². The van der Waals surface area contributed by atoms with E-state index in [2.05, 4.69) is 36.1 Å². The highest BCUT2D eigenvalue weighted by atomic mass is 35.5. The number of benzene rings is 3. The Morgan fingerprint density at radius 1 is 0.969 bits per heavy atom. The summed E-state index contributed by atoms with van der Waals surface area (Å²) in [5.41, 5.74) is 2.88. The molecule has 7 heteroatoms. The first-order valence-corrected chi connectivity index (χ1v) is 12.5. The number of nitrogens with zero attached hydrogens (tertiary/aromatic N) is 1. The average molecular weight is 473 g/mol. The molecule has 3 N–H and O–H groups in total. The first kappa shape index (κ1) is 24.4. The third kappa shape index (κ3) is 6.89. The highest BCUT2D eigenvalue weighted by molar-refractivity contribution is 7.89. The maximum Gasteiger partial charge on any atom is 0.239 e. The van der Waals surface area contributed by atoms with Gasteiger partial charge in [0.25, 0.3) is 0 Å². The van der Waals surface area contributed by atoms with E-state index in [1.54, 1.807) is 6.07 Å². The van der Waals surface area contributed by atoms with Crippen LogP contribution in [0.1, 0.15) is 36.1 Å². The first-order valence-electron chi connectivity index (χ1n) is 10.6. The number of hydrogen-bond acceptors (Lipinski definition) is 4. The number of sulfonamides is 1. The van der Waals surface area contributed by atoms with Gasteiger partial charge in [-0.25, -0.2) is 13.6 Å². The van der Waals surface area contributed by atoms with Gasteiger partial charge in [-0.2, -0.15) is 0 Å². The quantitative estimate of drug-likeness (QED) is 0.453. The standard InChI is InChI=1S/C25H29ClN2O3S/c1-19(12-13-20-8-4-2-5-9-20)28(17-21-10-6-3-7-11-21)18-24(29)22-14-15-23(26)25(16-22)32(27,30)31/h2-11,14-16,19,24,29H,12-13,17-18H2,1H3,(H2,27,30,31). The zero-order valence-electron chi connectivity index (χ0n) is 18.1. The second kappa shape index (κ2) is 11.1. The van der Waals surface area contributed by atoms with Crippen LogP contribution in [-0.2, 0) is 23.0 Å². The number of hydrogen-bond donors (Lipinski definition) is 2. The molecule has 2 unspecified atom stereocenters. The van der Waals surface area contributed by atoms with Gasteiger partial charge in [-0.05, 0) is 48.6 Å². The average Bonchev–Trinajstić information content (AvgIpc) is 2.78. The molecule has 0 spiro atoms. The fraction of sp³-hybridized carbons (Fsp3) is 0.280. The van der Waals surface area contributed by atoms with E-state index in [0.29, 0.717) is 18.7 Å². The van der Waals surface area contributed by atoms with Crippen LogP contribution in [0.4, 0.5) is 0 Å². The lowest BCUT2D eigenvalue weighted by Gasteiger charge is -2.31. The Balaban J connectivity index is 1.78. The Bertz CT molecular complexity index is 1110. The Morgan fingerprint density at radius 3 is 2.16 bits per heavy atom. The van der Waals surface area contributed by atoms with Crippen molar-refractivity contribution in [3.8, 4) is 0 Å². The minimum Gasteiger partial charge on any atom is -0.387 e. The van der Waals surface area contributed by atoms with Crippen molar-refractivity contribution in [2.75, 3.05) is 6.54 Å². The van der Waals surface area contributed by atoms with Crippen LogP contribution in [0, 0.1) is 0 Å². The van der Waals surface area contributed by atoms with Gasteiger partial charge >= 0.3 is 0 Å². The van der Waals surface area contributed by atoms with Crippen molar-refractivity contribution >= 4 is 21.6 Å². The van der Waals surface area contributed by atoms with Gasteiger partial charge in [0.1, 0.15) is 4.90 Å². The highest BCUT2D eigenvalue weighted by Crippen LogP contribution is 2.26. The summed E-state index contributed by atoms with van der Waals surface area (Å²) in [6.45, 7) is 3.16. The molecule has 32 heavy (non-hydrogen) atoms. The third-order valence-corrected chi connectivity index (χ3v) is 6.99. The van der Waals surface area contributed by atoms with Gasteiger partial charge < -0.3 is 5.11 Å². The van der Waals surface area contributed by atoms with Crippen LogP contribution in [0.25, 0.3) is 0 Å². The molecule has 0 amide bonds. The van der Waals surface area contributed by atoms with Gasteiger partial charge in [-0.1, -0.05) is 78.3 Å². The molecule has 2 atom stereocenters. The molecule has 170 valence electrons. The molecule has 0 aliphatic carbocycles. The van der Waals surface area contributed by atoms with E-state index in [1.807, 2.05) is 36.4 Å². The molecular weight excluding hydrogens is 444 g/mol. The van der Waals surface area contributed by atoms with Crippen molar-refractivity contribution in [3.05, 3.63) is 101 Å². The molecule has 0 aromatic heterocycles. The van der Waals surface area contributed by atoms with E-state index in [4.69, 9.17) is 16.7 Å². The summed E-state index contributed by atoms with van der Waals surface area (Å²) in [7, 11) is -3.98. The fourth-order valence-electron chi connectivity index (χ4n) is 3.69. The lowest BCUT2D eigenvalue weighted by Crippen LogP contribution is -2.36. The lowest BCUT2D eigenvalue weighted by atomic mass is 10.0. The van der Waals surface area contributed by atoms with Gasteiger partial charge in [0.05, 0.1) is 11.1 Å². The predicted molar refractivity (Wildman–Crippen MR) is 129 cm³/mol. The zero-order valence-corrected chi connectivity index (χ0v) is 19.6. The molecule has 3 aromatic carbocycles. The van der Waals surface area contributed by atoms with E-state index in [0.717, 1.165) is 18.4 Å². The smallest absolute Gasteiger partial charge is 0.239 e. The van der Waals surface area contributed by atoms with E-state index in [1.165, 1.54) is 17.7 Å². The summed E-state index contributed by atoms with van der Waals surface area (Å²) in [6, 6.07) is 25.0. The van der Waals surface area contributed by atoms with E-state index < -0.39 is 16.1 Å². The molecule has 0 saturated heterocycles. The molecule has 5 nitrogen and oxygen atoms in total. The first-order chi connectivity index (χ1) is 15.2. The molecule has 0 saturated carbocycles. The maximum absolute atomic E-state index is 11.8. The van der Waals surface area contributed by atoms with Crippen LogP contribution in [0.5, 0.6) is 0 Å². The normalized spacial score (nSPS) is 13.8. The fourth-order valence-corrected chi connectivity index (χ4v) is 4.77. The Labute approximate surface area is 195 Å². The molecule has 0 fully saturated rings. The summed E-state index contributed by atoms with van der Waals surface area (Å²) in [5, 5.41) is 16.3. The molecular formula is C25H29ClN2O3S. The number of aliphatic hydroxyl groups is 1. The minimum atomic E-state index is -3.98. The summed E-state index contributed by atoms with van der Waals surface area (Å²) in [4.78, 5) is 2.04. The van der Waals surface area contributed by atoms with Crippen molar-refractivity contribution in [2.24, 2.45) is 5.14 Å². The van der Waals surface area contributed by atoms with Gasteiger partial charge in [0.15, 0.2) is 0 Å². The van der Waals surface area contributed by atoms with Crippen LogP contribution in [0.2, 0.25) is 5.02 Å². The minimum absolute atomic E-state index is 0.0424. The Kier molecular flexibility index (Phi) is 8.45. The second-order valence-corrected chi connectivity index (χ2v) is 9.98. The van der Waals surface area contributed by atoms with Crippen molar-refractivity contribution in [1.82, 2.24) is 4.90 Å². The van der Waals surface area contributed by atoms with Gasteiger partial charge in [-0.3, -0.25) is 4.90 Å². The van der Waals surface area contributed by atoms with Crippen molar-refractivity contribution in [1.29, 1.82) is 0 Å². The van der Waals surface area contributed by atoms with Crippen molar-refractivity contribution in [2.45, 2.75) is 43.4 Å². The summed E-state index contributed by atoms with van der Waals surface area (Å²) in [6.07, 6.45) is 0.961. The molecule has 0 aliphatic heterocycles. The van der Waals surface area contributed by atoms with Gasteiger partial charge in [0.2, 0.25) is 10.0 Å². The molecule has 3 rings (SSSR count). The number of halogens is 1. The van der Waals surface area contributed by atoms with Gasteiger partial charge in [-0.15, -0.1) is 0 Å². The third-order valence-electron chi connectivity index (χ3n) is 5.60. The lowest BCUT2D eigenvalue weighted by molar-refractivity contribution is 0.0833. The summed E-state index contributed by atoms with van der Waals surface area (Å²) >= 11 is 6.00. The van der Waals surface area contributed by atoms with Gasteiger partial charge in [0, 0.05) is 19.1 Å². The monoisotopic (exact) mass is 472 g/mol. The molecule has 0 aliphatic rings. The van der Waals surface area contributed by atoms with E-state index in [9.17, 15) is 13.5 Å². The topological polar surface area (TPSA) is 83.6 Å². The van der Waals surface area contributed by atoms with Crippen LogP contribution in [-0.4, -0.2) is 31.0 Å². The molecule has 0 heterocycles. The van der Waals surface area contributed by atoms with Crippen LogP contribution < -0.4 is 5.14 Å². The number of rotatable bonds is 10. The maximum atomic E-state index is 11.8. The van der Waals surface area contributed by atoms with Crippen molar-refractivity contribution < 1.29 is 13.5 Å². The Hall–Kier alpha value is -2.22. The molecule has 0 bridgehead atoms. The van der Waals surface area contributed by atoms with Crippen LogP contribution in [0.15, 0.2) is 83.8 Å². The molecule has 0 radical (unpaired) electrons. The summed E-state index contributed by atoms with van der Waals surface area (Å²) in [5.74, 6) is 0. The number of aliphatic hydroxyl groups excluding tert-OH is 1. The number of nitrogens with two attached hydrogens (primary N) is 1. The van der Waals surface area contributed by atoms with Crippen LogP contribution >= 0.6 is 11.6 Å². The van der Waals surface area contributed by atoms with Crippen molar-refractivity contribution in [3.63, 3.8) is 0 Å².